The minimum absolute atomic E-state index is 0.291. The summed E-state index contributed by atoms with van der Waals surface area (Å²) in [5, 5.41) is 12.1. The smallest absolute Gasteiger partial charge is 0.146 e. The molecule has 0 aliphatic carbocycles. The average Bonchev–Trinajstić information content (AvgIpc) is 3.23. The number of anilines is 1. The summed E-state index contributed by atoms with van der Waals surface area (Å²) in [5.41, 5.74) is 2.67. The van der Waals surface area contributed by atoms with E-state index in [1.54, 1.807) is 0 Å². The van der Waals surface area contributed by atoms with Gasteiger partial charge >= 0.3 is 0 Å². The van der Waals surface area contributed by atoms with Crippen LogP contribution in [0.2, 0.25) is 0 Å². The summed E-state index contributed by atoms with van der Waals surface area (Å²) < 4.78 is 2.08. The van der Waals surface area contributed by atoms with Gasteiger partial charge in [-0.1, -0.05) is 19.1 Å². The van der Waals surface area contributed by atoms with E-state index in [0.717, 1.165) is 24.6 Å². The standard InChI is InChI=1S/C18H27N5/c1-4-17-20-21-18(22(17)3)13-19-14(2)15-8-7-9-16(12-15)23-10-5-6-11-23/h7-9,12,14,19H,4-6,10-11,13H2,1-3H3/t14-/m1/s1. The Labute approximate surface area is 138 Å². The van der Waals surface area contributed by atoms with E-state index in [1.807, 2.05) is 7.05 Å². The normalized spacial score (nSPS) is 16.0. The fourth-order valence-electron chi connectivity index (χ4n) is 3.19. The number of benzene rings is 1. The lowest BCUT2D eigenvalue weighted by atomic mass is 10.1. The molecule has 0 spiro atoms. The van der Waals surface area contributed by atoms with Crippen LogP contribution in [0.4, 0.5) is 5.69 Å². The molecule has 23 heavy (non-hydrogen) atoms. The highest BCUT2D eigenvalue weighted by molar-refractivity contribution is 5.49. The Kier molecular flexibility index (Phi) is 4.96. The van der Waals surface area contributed by atoms with Crippen LogP contribution < -0.4 is 10.2 Å². The van der Waals surface area contributed by atoms with Crippen molar-refractivity contribution in [1.82, 2.24) is 20.1 Å². The van der Waals surface area contributed by atoms with Crippen LogP contribution in [0.1, 0.15) is 49.9 Å². The third-order valence-corrected chi connectivity index (χ3v) is 4.78. The zero-order valence-corrected chi connectivity index (χ0v) is 14.4. The molecule has 2 heterocycles. The van der Waals surface area contributed by atoms with Crippen molar-refractivity contribution >= 4 is 5.69 Å². The highest BCUT2D eigenvalue weighted by Crippen LogP contribution is 2.24. The molecular weight excluding hydrogens is 286 g/mol. The monoisotopic (exact) mass is 313 g/mol. The molecule has 1 aliphatic rings. The van der Waals surface area contributed by atoms with Crippen LogP contribution in [0.15, 0.2) is 24.3 Å². The Balaban J connectivity index is 1.64. The van der Waals surface area contributed by atoms with Gasteiger partial charge in [0.15, 0.2) is 0 Å². The molecule has 1 aromatic heterocycles. The van der Waals surface area contributed by atoms with E-state index in [1.165, 1.54) is 37.2 Å². The fraction of sp³-hybridized carbons (Fsp3) is 0.556. The summed E-state index contributed by atoms with van der Waals surface area (Å²) >= 11 is 0. The van der Waals surface area contributed by atoms with E-state index >= 15 is 0 Å². The minimum atomic E-state index is 0.291. The quantitative estimate of drug-likeness (QED) is 0.891. The van der Waals surface area contributed by atoms with Crippen molar-refractivity contribution in [2.45, 2.75) is 45.7 Å². The number of hydrogen-bond acceptors (Lipinski definition) is 4. The molecule has 5 nitrogen and oxygen atoms in total. The molecule has 0 radical (unpaired) electrons. The first-order valence-electron chi connectivity index (χ1n) is 8.64. The molecule has 1 atom stereocenters. The maximum Gasteiger partial charge on any atom is 0.146 e. The molecule has 1 fully saturated rings. The van der Waals surface area contributed by atoms with E-state index in [2.05, 4.69) is 63.1 Å². The Morgan fingerprint density at radius 1 is 1.17 bits per heavy atom. The number of nitrogens with zero attached hydrogens (tertiary/aromatic N) is 4. The summed E-state index contributed by atoms with van der Waals surface area (Å²) in [4.78, 5) is 2.48. The first-order valence-corrected chi connectivity index (χ1v) is 8.64. The van der Waals surface area contributed by atoms with Crippen molar-refractivity contribution in [2.75, 3.05) is 18.0 Å². The van der Waals surface area contributed by atoms with Crippen LogP contribution in [0.25, 0.3) is 0 Å². The van der Waals surface area contributed by atoms with E-state index in [-0.39, 0.29) is 0 Å². The minimum Gasteiger partial charge on any atom is -0.372 e. The van der Waals surface area contributed by atoms with Gasteiger partial charge in [0.2, 0.25) is 0 Å². The maximum atomic E-state index is 4.28. The van der Waals surface area contributed by atoms with Crippen molar-refractivity contribution in [3.8, 4) is 0 Å². The lowest BCUT2D eigenvalue weighted by Crippen LogP contribution is -2.21. The average molecular weight is 313 g/mol. The second-order valence-corrected chi connectivity index (χ2v) is 6.34. The topological polar surface area (TPSA) is 46.0 Å². The van der Waals surface area contributed by atoms with Crippen LogP contribution >= 0.6 is 0 Å². The molecule has 2 aromatic rings. The Bertz CT molecular complexity index is 643. The second-order valence-electron chi connectivity index (χ2n) is 6.34. The Hall–Kier alpha value is -1.88. The molecule has 0 saturated carbocycles. The number of nitrogens with one attached hydrogen (secondary N) is 1. The third kappa shape index (κ3) is 3.55. The predicted molar refractivity (Wildman–Crippen MR) is 93.5 cm³/mol. The molecule has 0 bridgehead atoms. The zero-order valence-electron chi connectivity index (χ0n) is 14.4. The van der Waals surface area contributed by atoms with Gasteiger partial charge in [-0.25, -0.2) is 0 Å². The summed E-state index contributed by atoms with van der Waals surface area (Å²) in [7, 11) is 2.04. The van der Waals surface area contributed by atoms with Gasteiger partial charge in [-0.15, -0.1) is 10.2 Å². The highest BCUT2D eigenvalue weighted by Gasteiger charge is 2.14. The second kappa shape index (κ2) is 7.13. The number of rotatable bonds is 6. The van der Waals surface area contributed by atoms with Crippen molar-refractivity contribution < 1.29 is 0 Å². The maximum absolute atomic E-state index is 4.28. The molecule has 0 amide bonds. The number of hydrogen-bond donors (Lipinski definition) is 1. The van der Waals surface area contributed by atoms with Crippen molar-refractivity contribution in [1.29, 1.82) is 0 Å². The molecule has 1 aromatic carbocycles. The van der Waals surface area contributed by atoms with Gasteiger partial charge in [-0.3, -0.25) is 0 Å². The summed E-state index contributed by atoms with van der Waals surface area (Å²) in [6, 6.07) is 9.19. The number of aromatic nitrogens is 3. The van der Waals surface area contributed by atoms with Gasteiger partial charge in [-0.05, 0) is 37.5 Å². The summed E-state index contributed by atoms with van der Waals surface area (Å²) in [6.45, 7) is 7.42. The molecule has 5 heteroatoms. The summed E-state index contributed by atoms with van der Waals surface area (Å²) in [5.74, 6) is 2.02. The van der Waals surface area contributed by atoms with Gasteiger partial charge in [0.25, 0.3) is 0 Å². The van der Waals surface area contributed by atoms with Gasteiger partial charge in [-0.2, -0.15) is 0 Å². The fourth-order valence-corrected chi connectivity index (χ4v) is 3.19. The molecule has 3 rings (SSSR count). The lowest BCUT2D eigenvalue weighted by Gasteiger charge is -2.20. The van der Waals surface area contributed by atoms with Crippen molar-refractivity contribution in [2.24, 2.45) is 7.05 Å². The SMILES string of the molecule is CCc1nnc(CN[C@H](C)c2cccc(N3CCCC3)c2)n1C. The summed E-state index contributed by atoms with van der Waals surface area (Å²) in [6.07, 6.45) is 3.53. The zero-order chi connectivity index (χ0) is 16.2. The first-order chi connectivity index (χ1) is 11.2. The largest absolute Gasteiger partial charge is 0.372 e. The molecular formula is C18H27N5. The molecule has 1 N–H and O–H groups in total. The van der Waals surface area contributed by atoms with E-state index < -0.39 is 0 Å². The van der Waals surface area contributed by atoms with Crippen LogP contribution in [0.3, 0.4) is 0 Å². The lowest BCUT2D eigenvalue weighted by molar-refractivity contribution is 0.546. The highest BCUT2D eigenvalue weighted by atomic mass is 15.3. The van der Waals surface area contributed by atoms with Crippen molar-refractivity contribution in [3.63, 3.8) is 0 Å². The van der Waals surface area contributed by atoms with Gasteiger partial charge in [0.1, 0.15) is 11.6 Å². The van der Waals surface area contributed by atoms with Gasteiger partial charge in [0.05, 0.1) is 6.54 Å². The van der Waals surface area contributed by atoms with E-state index in [0.29, 0.717) is 6.04 Å². The Morgan fingerprint density at radius 3 is 2.61 bits per heavy atom. The van der Waals surface area contributed by atoms with Crippen LogP contribution in [0.5, 0.6) is 0 Å². The molecule has 124 valence electrons. The van der Waals surface area contributed by atoms with Crippen LogP contribution in [-0.4, -0.2) is 27.9 Å². The van der Waals surface area contributed by atoms with Crippen molar-refractivity contribution in [3.05, 3.63) is 41.5 Å². The van der Waals surface area contributed by atoms with E-state index in [4.69, 9.17) is 0 Å². The van der Waals surface area contributed by atoms with Gasteiger partial charge < -0.3 is 14.8 Å². The van der Waals surface area contributed by atoms with Crippen LogP contribution in [-0.2, 0) is 20.0 Å². The van der Waals surface area contributed by atoms with E-state index in [9.17, 15) is 0 Å². The third-order valence-electron chi connectivity index (χ3n) is 4.78. The first kappa shape index (κ1) is 16.0. The van der Waals surface area contributed by atoms with Crippen LogP contribution in [0, 0.1) is 0 Å². The predicted octanol–water partition coefficient (Wildman–Crippen LogP) is 2.83. The molecule has 1 aliphatic heterocycles. The number of aryl methyl sites for hydroxylation is 1. The molecule has 0 unspecified atom stereocenters. The molecule has 1 saturated heterocycles. The Morgan fingerprint density at radius 2 is 1.91 bits per heavy atom. The van der Waals surface area contributed by atoms with Gasteiger partial charge in [0, 0.05) is 38.3 Å².